The quantitative estimate of drug-likeness (QED) is 0.929. The van der Waals surface area contributed by atoms with Crippen LogP contribution in [0.4, 0.5) is 0 Å². The number of aromatic nitrogens is 2. The molecule has 0 aliphatic carbocycles. The van der Waals surface area contributed by atoms with Crippen LogP contribution in [-0.2, 0) is 22.5 Å². The standard InChI is InChI=1S/C16H15N3O3/c1-10-4-11(6-17)2-3-13(10)14-7-18-19-8-12(5-15(14)19)22-9-16(20)21/h2-4,7,12H,5,8-9H2,1H3,(H,20,21)/t12-/m1/s1. The van der Waals surface area contributed by atoms with Gasteiger partial charge < -0.3 is 9.84 Å². The Morgan fingerprint density at radius 2 is 2.36 bits per heavy atom. The molecule has 112 valence electrons. The van der Waals surface area contributed by atoms with E-state index in [1.165, 1.54) is 0 Å². The molecule has 0 radical (unpaired) electrons. The summed E-state index contributed by atoms with van der Waals surface area (Å²) in [5.41, 5.74) is 4.75. The number of hydrogen-bond donors (Lipinski definition) is 1. The molecule has 0 unspecified atom stereocenters. The van der Waals surface area contributed by atoms with E-state index < -0.39 is 5.97 Å². The maximum absolute atomic E-state index is 10.6. The van der Waals surface area contributed by atoms with Crippen molar-refractivity contribution < 1.29 is 14.6 Å². The smallest absolute Gasteiger partial charge is 0.329 e. The number of ether oxygens (including phenoxy) is 1. The van der Waals surface area contributed by atoms with Gasteiger partial charge in [0.25, 0.3) is 0 Å². The van der Waals surface area contributed by atoms with Crippen LogP contribution in [0.3, 0.4) is 0 Å². The van der Waals surface area contributed by atoms with Crippen LogP contribution in [0.5, 0.6) is 0 Å². The van der Waals surface area contributed by atoms with Crippen molar-refractivity contribution in [3.63, 3.8) is 0 Å². The van der Waals surface area contributed by atoms with Gasteiger partial charge in [0, 0.05) is 17.7 Å². The van der Waals surface area contributed by atoms with E-state index in [1.807, 2.05) is 29.9 Å². The number of nitrogens with zero attached hydrogens (tertiary/aromatic N) is 3. The van der Waals surface area contributed by atoms with Gasteiger partial charge in [-0.2, -0.15) is 10.4 Å². The molecule has 2 aromatic rings. The minimum atomic E-state index is -0.965. The number of aliphatic carboxylic acids is 1. The second-order valence-corrected chi connectivity index (χ2v) is 5.36. The van der Waals surface area contributed by atoms with Crippen LogP contribution < -0.4 is 0 Å². The molecule has 0 amide bonds. The Hall–Kier alpha value is -2.65. The van der Waals surface area contributed by atoms with E-state index in [2.05, 4.69) is 11.2 Å². The summed E-state index contributed by atoms with van der Waals surface area (Å²) in [4.78, 5) is 10.6. The maximum Gasteiger partial charge on any atom is 0.329 e. The Bertz CT molecular complexity index is 773. The third kappa shape index (κ3) is 2.59. The van der Waals surface area contributed by atoms with Gasteiger partial charge in [-0.1, -0.05) is 6.07 Å². The zero-order valence-corrected chi connectivity index (χ0v) is 12.1. The number of rotatable bonds is 4. The average Bonchev–Trinajstić information content (AvgIpc) is 3.05. The van der Waals surface area contributed by atoms with Gasteiger partial charge in [0.1, 0.15) is 6.61 Å². The minimum Gasteiger partial charge on any atom is -0.480 e. The van der Waals surface area contributed by atoms with Gasteiger partial charge in [0.05, 0.1) is 30.5 Å². The van der Waals surface area contributed by atoms with E-state index in [0.29, 0.717) is 18.5 Å². The molecule has 3 rings (SSSR count). The molecule has 1 N–H and O–H groups in total. The highest BCUT2D eigenvalue weighted by Gasteiger charge is 2.27. The molecule has 0 spiro atoms. The molecule has 1 atom stereocenters. The summed E-state index contributed by atoms with van der Waals surface area (Å²) in [6, 6.07) is 7.70. The van der Waals surface area contributed by atoms with Gasteiger partial charge in [0.2, 0.25) is 0 Å². The molecule has 0 fully saturated rings. The zero-order valence-electron chi connectivity index (χ0n) is 12.1. The Balaban J connectivity index is 1.85. The number of aryl methyl sites for hydroxylation is 1. The van der Waals surface area contributed by atoms with Crippen LogP contribution in [0.1, 0.15) is 16.8 Å². The molecule has 0 saturated heterocycles. The van der Waals surface area contributed by atoms with Gasteiger partial charge in [-0.3, -0.25) is 4.68 Å². The number of benzene rings is 1. The molecule has 1 aliphatic heterocycles. The van der Waals surface area contributed by atoms with Crippen molar-refractivity contribution in [3.05, 3.63) is 41.2 Å². The van der Waals surface area contributed by atoms with Crippen molar-refractivity contribution in [1.29, 1.82) is 5.26 Å². The largest absolute Gasteiger partial charge is 0.480 e. The molecule has 1 aromatic carbocycles. The van der Waals surface area contributed by atoms with Crippen molar-refractivity contribution in [3.8, 4) is 17.2 Å². The summed E-state index contributed by atoms with van der Waals surface area (Å²) in [7, 11) is 0. The SMILES string of the molecule is Cc1cc(C#N)ccc1-c1cnn2c1C[C@@H](OCC(=O)O)C2. The van der Waals surface area contributed by atoms with Crippen molar-refractivity contribution in [2.24, 2.45) is 0 Å². The highest BCUT2D eigenvalue weighted by atomic mass is 16.5. The van der Waals surface area contributed by atoms with E-state index in [0.717, 1.165) is 22.4 Å². The average molecular weight is 297 g/mol. The highest BCUT2D eigenvalue weighted by Crippen LogP contribution is 2.31. The molecule has 2 heterocycles. The first kappa shape index (κ1) is 14.3. The Kier molecular flexibility index (Phi) is 3.65. The van der Waals surface area contributed by atoms with Crippen molar-refractivity contribution in [2.45, 2.75) is 26.0 Å². The number of hydrogen-bond acceptors (Lipinski definition) is 4. The van der Waals surface area contributed by atoms with Crippen molar-refractivity contribution in [1.82, 2.24) is 9.78 Å². The lowest BCUT2D eigenvalue weighted by Gasteiger charge is -2.09. The lowest BCUT2D eigenvalue weighted by Crippen LogP contribution is -2.19. The summed E-state index contributed by atoms with van der Waals surface area (Å²) in [5, 5.41) is 22.0. The molecule has 6 heteroatoms. The predicted molar refractivity (Wildman–Crippen MR) is 78.2 cm³/mol. The van der Waals surface area contributed by atoms with Gasteiger partial charge in [-0.15, -0.1) is 0 Å². The van der Waals surface area contributed by atoms with Crippen LogP contribution in [-0.4, -0.2) is 33.6 Å². The topological polar surface area (TPSA) is 88.1 Å². The van der Waals surface area contributed by atoms with E-state index in [1.54, 1.807) is 6.07 Å². The first-order valence-corrected chi connectivity index (χ1v) is 6.97. The summed E-state index contributed by atoms with van der Waals surface area (Å²) < 4.78 is 7.22. The van der Waals surface area contributed by atoms with E-state index >= 15 is 0 Å². The second-order valence-electron chi connectivity index (χ2n) is 5.36. The van der Waals surface area contributed by atoms with E-state index in [4.69, 9.17) is 15.1 Å². The lowest BCUT2D eigenvalue weighted by molar-refractivity contribution is -0.144. The molecule has 1 aliphatic rings. The molecule has 0 saturated carbocycles. The monoisotopic (exact) mass is 297 g/mol. The van der Waals surface area contributed by atoms with Gasteiger partial charge >= 0.3 is 5.97 Å². The molecule has 22 heavy (non-hydrogen) atoms. The highest BCUT2D eigenvalue weighted by molar-refractivity contribution is 5.70. The Labute approximate surface area is 127 Å². The van der Waals surface area contributed by atoms with Crippen LogP contribution in [0.25, 0.3) is 11.1 Å². The minimum absolute atomic E-state index is 0.155. The number of nitriles is 1. The summed E-state index contributed by atoms with van der Waals surface area (Å²) in [6.07, 6.45) is 2.30. The third-order valence-corrected chi connectivity index (χ3v) is 3.83. The third-order valence-electron chi connectivity index (χ3n) is 3.83. The normalized spacial score (nSPS) is 16.3. The Morgan fingerprint density at radius 1 is 1.55 bits per heavy atom. The second kappa shape index (κ2) is 5.62. The van der Waals surface area contributed by atoms with Gasteiger partial charge in [0.15, 0.2) is 0 Å². The molecule has 1 aromatic heterocycles. The van der Waals surface area contributed by atoms with Gasteiger partial charge in [-0.25, -0.2) is 4.79 Å². The first-order chi connectivity index (χ1) is 10.6. The number of carbonyl (C=O) groups is 1. The predicted octanol–water partition coefficient (Wildman–Crippen LogP) is 1.76. The van der Waals surface area contributed by atoms with E-state index in [-0.39, 0.29) is 12.7 Å². The molecule has 0 bridgehead atoms. The van der Waals surface area contributed by atoms with Gasteiger partial charge in [-0.05, 0) is 30.2 Å². The van der Waals surface area contributed by atoms with Crippen LogP contribution >= 0.6 is 0 Å². The molecular formula is C16H15N3O3. The van der Waals surface area contributed by atoms with Crippen molar-refractivity contribution in [2.75, 3.05) is 6.61 Å². The summed E-state index contributed by atoms with van der Waals surface area (Å²) in [5.74, 6) is -0.965. The zero-order chi connectivity index (χ0) is 15.7. The fourth-order valence-corrected chi connectivity index (χ4v) is 2.82. The molecular weight excluding hydrogens is 282 g/mol. The van der Waals surface area contributed by atoms with E-state index in [9.17, 15) is 4.79 Å². The van der Waals surface area contributed by atoms with Crippen molar-refractivity contribution >= 4 is 5.97 Å². The van der Waals surface area contributed by atoms with Crippen LogP contribution in [0.2, 0.25) is 0 Å². The summed E-state index contributed by atoms with van der Waals surface area (Å²) >= 11 is 0. The first-order valence-electron chi connectivity index (χ1n) is 6.97. The number of carboxylic acids is 1. The summed E-state index contributed by atoms with van der Waals surface area (Å²) in [6.45, 7) is 2.24. The fraction of sp³-hybridized carbons (Fsp3) is 0.312. The maximum atomic E-state index is 10.6. The number of carboxylic acid groups (broad SMARTS) is 1. The lowest BCUT2D eigenvalue weighted by atomic mass is 9.98. The van der Waals surface area contributed by atoms with Crippen LogP contribution in [0.15, 0.2) is 24.4 Å². The Morgan fingerprint density at radius 3 is 3.05 bits per heavy atom. The number of fused-ring (bicyclic) bond motifs is 1. The van der Waals surface area contributed by atoms with Crippen LogP contribution in [0, 0.1) is 18.3 Å². The molecule has 6 nitrogen and oxygen atoms in total. The fourth-order valence-electron chi connectivity index (χ4n) is 2.82.